The van der Waals surface area contributed by atoms with Gasteiger partial charge in [0.25, 0.3) is 5.91 Å². The van der Waals surface area contributed by atoms with Crippen molar-refractivity contribution in [3.63, 3.8) is 0 Å². The molecule has 2 aliphatic heterocycles. The molecule has 2 aromatic rings. The number of hydrogen-bond acceptors (Lipinski definition) is 3. The van der Waals surface area contributed by atoms with E-state index < -0.39 is 6.04 Å². The highest BCUT2D eigenvalue weighted by molar-refractivity contribution is 6.04. The highest BCUT2D eigenvalue weighted by Gasteiger charge is 2.46. The van der Waals surface area contributed by atoms with Crippen LogP contribution in [-0.4, -0.2) is 46.8 Å². The second-order valence-corrected chi connectivity index (χ2v) is 7.22. The fraction of sp³-hybridized carbons (Fsp3) is 0.318. The van der Waals surface area contributed by atoms with Crippen LogP contribution in [0, 0.1) is 0 Å². The zero-order valence-corrected chi connectivity index (χ0v) is 15.6. The number of fused-ring (bicyclic) bond motifs is 2. The average molecular weight is 377 g/mol. The summed E-state index contributed by atoms with van der Waals surface area (Å²) in [7, 11) is 0. The minimum atomic E-state index is -0.441. The summed E-state index contributed by atoms with van der Waals surface area (Å²) in [5, 5.41) is 2.86. The average Bonchev–Trinajstić information content (AvgIpc) is 2.95. The standard InChI is InChI=1S/C22H23N3O3/c26-20(23-12-10-16-6-2-1-3-7-16)11-13-24-21(27)19-14-17-8-4-5-9-18(17)15-25(19)22(24)28/h1-9,19H,10-15H2,(H,23,26)/t19-/m0/s1. The number of imide groups is 1. The van der Waals surface area contributed by atoms with E-state index in [4.69, 9.17) is 0 Å². The number of amides is 4. The Balaban J connectivity index is 1.29. The lowest BCUT2D eigenvalue weighted by molar-refractivity contribution is -0.129. The molecule has 144 valence electrons. The number of nitrogens with one attached hydrogen (secondary N) is 1. The largest absolute Gasteiger partial charge is 0.356 e. The molecule has 2 aromatic carbocycles. The van der Waals surface area contributed by atoms with Crippen molar-refractivity contribution in [2.75, 3.05) is 13.1 Å². The van der Waals surface area contributed by atoms with Gasteiger partial charge in [0.05, 0.1) is 0 Å². The van der Waals surface area contributed by atoms with Crippen LogP contribution >= 0.6 is 0 Å². The van der Waals surface area contributed by atoms with Crippen LogP contribution in [0.5, 0.6) is 0 Å². The molecule has 0 aromatic heterocycles. The SMILES string of the molecule is O=C(CCN1C(=O)[C@@H]2Cc3ccccc3CN2C1=O)NCCc1ccccc1. The molecule has 0 unspecified atom stereocenters. The number of hydrogen-bond donors (Lipinski definition) is 1. The van der Waals surface area contributed by atoms with Gasteiger partial charge in [-0.25, -0.2) is 4.79 Å². The molecule has 6 heteroatoms. The molecule has 0 aliphatic carbocycles. The van der Waals surface area contributed by atoms with Crippen molar-refractivity contribution in [3.05, 3.63) is 71.3 Å². The fourth-order valence-corrected chi connectivity index (χ4v) is 3.87. The third kappa shape index (κ3) is 3.63. The number of carbonyl (C=O) groups is 3. The van der Waals surface area contributed by atoms with E-state index in [-0.39, 0.29) is 30.8 Å². The summed E-state index contributed by atoms with van der Waals surface area (Å²) >= 11 is 0. The van der Waals surface area contributed by atoms with E-state index in [1.165, 1.54) is 4.90 Å². The van der Waals surface area contributed by atoms with Gasteiger partial charge in [-0.1, -0.05) is 54.6 Å². The maximum absolute atomic E-state index is 12.7. The first-order valence-electron chi connectivity index (χ1n) is 9.63. The normalized spacial score (nSPS) is 18.1. The lowest BCUT2D eigenvalue weighted by Crippen LogP contribution is -2.40. The molecule has 2 heterocycles. The van der Waals surface area contributed by atoms with Gasteiger partial charge in [-0.2, -0.15) is 0 Å². The third-order valence-corrected chi connectivity index (χ3v) is 5.42. The van der Waals surface area contributed by atoms with Crippen LogP contribution in [0.25, 0.3) is 0 Å². The molecule has 1 fully saturated rings. The van der Waals surface area contributed by atoms with Crippen LogP contribution in [-0.2, 0) is 29.0 Å². The van der Waals surface area contributed by atoms with E-state index in [2.05, 4.69) is 5.32 Å². The summed E-state index contributed by atoms with van der Waals surface area (Å²) in [6.45, 7) is 1.11. The first-order chi connectivity index (χ1) is 13.6. The highest BCUT2D eigenvalue weighted by atomic mass is 16.2. The maximum Gasteiger partial charge on any atom is 0.327 e. The molecule has 1 N–H and O–H groups in total. The van der Waals surface area contributed by atoms with Gasteiger partial charge in [0.1, 0.15) is 6.04 Å². The van der Waals surface area contributed by atoms with Gasteiger partial charge in [-0.05, 0) is 23.1 Å². The van der Waals surface area contributed by atoms with Crippen molar-refractivity contribution in [2.24, 2.45) is 0 Å². The van der Waals surface area contributed by atoms with Crippen LogP contribution in [0.1, 0.15) is 23.1 Å². The van der Waals surface area contributed by atoms with Gasteiger partial charge >= 0.3 is 6.03 Å². The summed E-state index contributed by atoms with van der Waals surface area (Å²) in [4.78, 5) is 40.3. The molecule has 1 saturated heterocycles. The molecule has 0 bridgehead atoms. The Kier molecular flexibility index (Phi) is 5.10. The number of urea groups is 1. The molecule has 4 amide bonds. The van der Waals surface area contributed by atoms with Gasteiger partial charge in [0.2, 0.25) is 5.91 Å². The van der Waals surface area contributed by atoms with E-state index in [1.54, 1.807) is 4.90 Å². The van der Waals surface area contributed by atoms with Crippen LogP contribution in [0.15, 0.2) is 54.6 Å². The number of nitrogens with zero attached hydrogens (tertiary/aromatic N) is 2. The molecule has 0 saturated carbocycles. The third-order valence-electron chi connectivity index (χ3n) is 5.42. The summed E-state index contributed by atoms with van der Waals surface area (Å²) in [6, 6.07) is 17.1. The number of benzene rings is 2. The Bertz CT molecular complexity index is 854. The summed E-state index contributed by atoms with van der Waals surface area (Å²) in [5.41, 5.74) is 3.36. The molecule has 28 heavy (non-hydrogen) atoms. The number of rotatable bonds is 6. The van der Waals surface area contributed by atoms with Gasteiger partial charge in [-0.3, -0.25) is 14.5 Å². The van der Waals surface area contributed by atoms with E-state index in [0.717, 1.165) is 23.1 Å². The topological polar surface area (TPSA) is 69.7 Å². The Labute approximate surface area is 164 Å². The second kappa shape index (κ2) is 7.84. The minimum Gasteiger partial charge on any atom is -0.356 e. The predicted molar refractivity (Wildman–Crippen MR) is 104 cm³/mol. The van der Waals surface area contributed by atoms with Crippen LogP contribution in [0.2, 0.25) is 0 Å². The molecule has 0 spiro atoms. The van der Waals surface area contributed by atoms with Gasteiger partial charge in [0.15, 0.2) is 0 Å². The van der Waals surface area contributed by atoms with Crippen LogP contribution < -0.4 is 5.32 Å². The molecule has 4 rings (SSSR count). The molecule has 0 radical (unpaired) electrons. The van der Waals surface area contributed by atoms with E-state index in [0.29, 0.717) is 19.5 Å². The summed E-state index contributed by atoms with van der Waals surface area (Å²) in [5.74, 6) is -0.346. The van der Waals surface area contributed by atoms with E-state index in [1.807, 2.05) is 54.6 Å². The van der Waals surface area contributed by atoms with Crippen molar-refractivity contribution >= 4 is 17.8 Å². The zero-order chi connectivity index (χ0) is 19.5. The highest BCUT2D eigenvalue weighted by Crippen LogP contribution is 2.29. The van der Waals surface area contributed by atoms with Crippen molar-refractivity contribution < 1.29 is 14.4 Å². The van der Waals surface area contributed by atoms with Gasteiger partial charge < -0.3 is 10.2 Å². The Hall–Kier alpha value is -3.15. The van der Waals surface area contributed by atoms with Gasteiger partial charge in [0, 0.05) is 32.5 Å². The predicted octanol–water partition coefficient (Wildman–Crippen LogP) is 2.12. The van der Waals surface area contributed by atoms with Crippen LogP contribution in [0.4, 0.5) is 4.79 Å². The molecular formula is C22H23N3O3. The quantitative estimate of drug-likeness (QED) is 0.784. The Morgan fingerprint density at radius 2 is 1.71 bits per heavy atom. The van der Waals surface area contributed by atoms with Crippen molar-refractivity contribution in [1.29, 1.82) is 0 Å². The van der Waals surface area contributed by atoms with Gasteiger partial charge in [-0.15, -0.1) is 0 Å². The zero-order valence-electron chi connectivity index (χ0n) is 15.6. The van der Waals surface area contributed by atoms with Crippen molar-refractivity contribution in [2.45, 2.75) is 31.8 Å². The molecule has 2 aliphatic rings. The monoisotopic (exact) mass is 377 g/mol. The number of carbonyl (C=O) groups excluding carboxylic acids is 3. The van der Waals surface area contributed by atoms with Crippen molar-refractivity contribution in [3.8, 4) is 0 Å². The molecule has 1 atom stereocenters. The first-order valence-corrected chi connectivity index (χ1v) is 9.63. The lowest BCUT2D eigenvalue weighted by Gasteiger charge is -2.28. The minimum absolute atomic E-state index is 0.123. The maximum atomic E-state index is 12.7. The Morgan fingerprint density at radius 1 is 1.00 bits per heavy atom. The van der Waals surface area contributed by atoms with Crippen molar-refractivity contribution in [1.82, 2.24) is 15.1 Å². The Morgan fingerprint density at radius 3 is 2.50 bits per heavy atom. The molecule has 6 nitrogen and oxygen atoms in total. The second-order valence-electron chi connectivity index (χ2n) is 7.22. The van der Waals surface area contributed by atoms with Crippen LogP contribution in [0.3, 0.4) is 0 Å². The lowest BCUT2D eigenvalue weighted by atomic mass is 9.95. The molecular weight excluding hydrogens is 354 g/mol. The summed E-state index contributed by atoms with van der Waals surface area (Å²) < 4.78 is 0. The first kappa shape index (κ1) is 18.2. The van der Waals surface area contributed by atoms with E-state index >= 15 is 0 Å². The van der Waals surface area contributed by atoms with E-state index in [9.17, 15) is 14.4 Å². The fourth-order valence-electron chi connectivity index (χ4n) is 3.87. The smallest absolute Gasteiger partial charge is 0.327 e. The summed E-state index contributed by atoms with van der Waals surface area (Å²) in [6.07, 6.45) is 1.42.